The Morgan fingerprint density at radius 1 is 1.45 bits per heavy atom. The van der Waals surface area contributed by atoms with Crippen LogP contribution in [0.15, 0.2) is 27.6 Å². The number of primary sulfonamides is 1. The Labute approximate surface area is 127 Å². The van der Waals surface area contributed by atoms with E-state index in [4.69, 9.17) is 5.14 Å². The molecule has 0 atom stereocenters. The maximum Gasteiger partial charge on any atom is 0.254 e. The second-order valence-electron chi connectivity index (χ2n) is 4.92. The molecule has 1 aromatic carbocycles. The molecule has 0 aromatic heterocycles. The molecule has 2 N–H and O–H groups in total. The molecular weight excluding hydrogens is 344 g/mol. The molecule has 0 heterocycles. The largest absolute Gasteiger partial charge is 0.336 e. The molecule has 0 spiro atoms. The fourth-order valence-electron chi connectivity index (χ4n) is 2.10. The van der Waals surface area contributed by atoms with Crippen LogP contribution in [-0.4, -0.2) is 31.8 Å². The van der Waals surface area contributed by atoms with Gasteiger partial charge >= 0.3 is 0 Å². The second-order valence-corrected chi connectivity index (χ2v) is 7.30. The molecule has 1 amide bonds. The first kappa shape index (κ1) is 15.5. The van der Waals surface area contributed by atoms with E-state index in [0.717, 1.165) is 19.3 Å². The Kier molecular flexibility index (Phi) is 4.51. The number of amides is 1. The monoisotopic (exact) mass is 360 g/mol. The molecule has 2 rings (SSSR count). The van der Waals surface area contributed by atoms with Crippen molar-refractivity contribution in [2.24, 2.45) is 5.14 Å². The third kappa shape index (κ3) is 3.39. The van der Waals surface area contributed by atoms with Gasteiger partial charge in [-0.2, -0.15) is 0 Å². The first-order valence-electron chi connectivity index (χ1n) is 6.48. The lowest BCUT2D eigenvalue weighted by Crippen LogP contribution is -2.34. The van der Waals surface area contributed by atoms with Gasteiger partial charge in [-0.1, -0.05) is 6.92 Å². The van der Waals surface area contributed by atoms with E-state index in [1.807, 2.05) is 11.8 Å². The summed E-state index contributed by atoms with van der Waals surface area (Å²) in [7, 11) is -3.85. The summed E-state index contributed by atoms with van der Waals surface area (Å²) < 4.78 is 23.4. The Morgan fingerprint density at radius 2 is 2.10 bits per heavy atom. The average molecular weight is 361 g/mol. The van der Waals surface area contributed by atoms with Crippen molar-refractivity contribution in [2.75, 3.05) is 6.54 Å². The van der Waals surface area contributed by atoms with Gasteiger partial charge in [0.05, 0.1) is 4.90 Å². The van der Waals surface area contributed by atoms with Gasteiger partial charge in [0.25, 0.3) is 5.91 Å². The molecule has 0 bridgehead atoms. The van der Waals surface area contributed by atoms with Gasteiger partial charge in [-0.15, -0.1) is 0 Å². The molecule has 20 heavy (non-hydrogen) atoms. The van der Waals surface area contributed by atoms with Crippen molar-refractivity contribution in [3.05, 3.63) is 28.2 Å². The molecule has 1 aliphatic rings. The summed E-state index contributed by atoms with van der Waals surface area (Å²) in [6.45, 7) is 2.70. The summed E-state index contributed by atoms with van der Waals surface area (Å²) in [6.07, 6.45) is 2.91. The molecule has 7 heteroatoms. The van der Waals surface area contributed by atoms with E-state index in [1.165, 1.54) is 6.07 Å². The number of hydrogen-bond acceptors (Lipinski definition) is 3. The van der Waals surface area contributed by atoms with Gasteiger partial charge in [0, 0.05) is 22.6 Å². The topological polar surface area (TPSA) is 80.5 Å². The third-order valence-electron chi connectivity index (χ3n) is 3.20. The number of sulfonamides is 1. The van der Waals surface area contributed by atoms with Gasteiger partial charge in [-0.3, -0.25) is 4.79 Å². The van der Waals surface area contributed by atoms with Crippen LogP contribution in [0.4, 0.5) is 0 Å². The highest BCUT2D eigenvalue weighted by molar-refractivity contribution is 9.10. The zero-order chi connectivity index (χ0) is 14.9. The molecule has 110 valence electrons. The predicted octanol–water partition coefficient (Wildman–Crippen LogP) is 2.11. The summed E-state index contributed by atoms with van der Waals surface area (Å²) in [5.74, 6) is -0.133. The SMILES string of the molecule is CCCN(C(=O)c1ccc(Br)c(S(N)(=O)=O)c1)C1CC1. The molecule has 1 fully saturated rings. The molecule has 0 saturated heterocycles. The average Bonchev–Trinajstić information content (AvgIpc) is 3.18. The zero-order valence-corrected chi connectivity index (χ0v) is 13.6. The van der Waals surface area contributed by atoms with Gasteiger partial charge in [-0.05, 0) is 53.4 Å². The van der Waals surface area contributed by atoms with E-state index in [2.05, 4.69) is 15.9 Å². The Morgan fingerprint density at radius 3 is 2.60 bits per heavy atom. The Bertz CT molecular complexity index is 627. The number of carbonyl (C=O) groups excluding carboxylic acids is 1. The highest BCUT2D eigenvalue weighted by Crippen LogP contribution is 2.29. The van der Waals surface area contributed by atoms with E-state index in [-0.39, 0.29) is 10.8 Å². The van der Waals surface area contributed by atoms with E-state index in [0.29, 0.717) is 22.6 Å². The smallest absolute Gasteiger partial charge is 0.254 e. The van der Waals surface area contributed by atoms with Crippen LogP contribution in [0.5, 0.6) is 0 Å². The third-order valence-corrected chi connectivity index (χ3v) is 5.10. The molecule has 0 aliphatic heterocycles. The van der Waals surface area contributed by atoms with E-state index < -0.39 is 10.0 Å². The minimum atomic E-state index is -3.85. The van der Waals surface area contributed by atoms with Gasteiger partial charge < -0.3 is 4.90 Å². The summed E-state index contributed by atoms with van der Waals surface area (Å²) in [4.78, 5) is 14.2. The van der Waals surface area contributed by atoms with Crippen molar-refractivity contribution >= 4 is 31.9 Å². The molecule has 1 aromatic rings. The molecule has 0 radical (unpaired) electrons. The van der Waals surface area contributed by atoms with Gasteiger partial charge in [-0.25, -0.2) is 13.6 Å². The van der Waals surface area contributed by atoms with Crippen molar-refractivity contribution < 1.29 is 13.2 Å². The van der Waals surface area contributed by atoms with Crippen molar-refractivity contribution in [1.82, 2.24) is 4.90 Å². The number of benzene rings is 1. The lowest BCUT2D eigenvalue weighted by Gasteiger charge is -2.22. The molecule has 0 unspecified atom stereocenters. The highest BCUT2D eigenvalue weighted by atomic mass is 79.9. The lowest BCUT2D eigenvalue weighted by atomic mass is 10.2. The molecule has 1 aliphatic carbocycles. The fourth-order valence-corrected chi connectivity index (χ4v) is 3.65. The standard InChI is InChI=1S/C13H17BrN2O3S/c1-2-7-16(10-4-5-10)13(17)9-3-6-11(14)12(8-9)20(15,18)19/h3,6,8,10H,2,4-5,7H2,1H3,(H2,15,18,19). The number of nitrogens with two attached hydrogens (primary N) is 1. The Hall–Kier alpha value is -0.920. The number of carbonyl (C=O) groups is 1. The van der Waals surface area contributed by atoms with Crippen LogP contribution in [0.25, 0.3) is 0 Å². The van der Waals surface area contributed by atoms with Crippen LogP contribution in [0, 0.1) is 0 Å². The number of hydrogen-bond donors (Lipinski definition) is 1. The summed E-state index contributed by atoms with van der Waals surface area (Å²) >= 11 is 3.14. The van der Waals surface area contributed by atoms with E-state index >= 15 is 0 Å². The van der Waals surface area contributed by atoms with Crippen LogP contribution in [0.2, 0.25) is 0 Å². The summed E-state index contributed by atoms with van der Waals surface area (Å²) in [5.41, 5.74) is 0.359. The minimum absolute atomic E-state index is 0.0596. The molecule has 5 nitrogen and oxygen atoms in total. The van der Waals surface area contributed by atoms with Crippen molar-refractivity contribution in [2.45, 2.75) is 37.1 Å². The van der Waals surface area contributed by atoms with Gasteiger partial charge in [0.15, 0.2) is 0 Å². The minimum Gasteiger partial charge on any atom is -0.336 e. The molecular formula is C13H17BrN2O3S. The normalized spacial score (nSPS) is 15.2. The highest BCUT2D eigenvalue weighted by Gasteiger charge is 2.32. The maximum atomic E-state index is 12.5. The van der Waals surface area contributed by atoms with Crippen molar-refractivity contribution in [1.29, 1.82) is 0 Å². The summed E-state index contributed by atoms with van der Waals surface area (Å²) in [6, 6.07) is 4.80. The molecule has 1 saturated carbocycles. The maximum absolute atomic E-state index is 12.5. The first-order chi connectivity index (χ1) is 9.34. The summed E-state index contributed by atoms with van der Waals surface area (Å²) in [5, 5.41) is 5.15. The van der Waals surface area contributed by atoms with Crippen LogP contribution >= 0.6 is 15.9 Å². The second kappa shape index (κ2) is 5.83. The Balaban J connectivity index is 2.35. The number of halogens is 1. The predicted molar refractivity (Wildman–Crippen MR) is 79.9 cm³/mol. The number of nitrogens with zero attached hydrogens (tertiary/aromatic N) is 1. The van der Waals surface area contributed by atoms with E-state index in [1.54, 1.807) is 12.1 Å². The van der Waals surface area contributed by atoms with Crippen molar-refractivity contribution in [3.63, 3.8) is 0 Å². The van der Waals surface area contributed by atoms with Crippen LogP contribution < -0.4 is 5.14 Å². The van der Waals surface area contributed by atoms with Crippen LogP contribution in [0.1, 0.15) is 36.5 Å². The fraction of sp³-hybridized carbons (Fsp3) is 0.462. The van der Waals surface area contributed by atoms with Crippen LogP contribution in [0.3, 0.4) is 0 Å². The number of rotatable bonds is 5. The first-order valence-corrected chi connectivity index (χ1v) is 8.82. The van der Waals surface area contributed by atoms with Crippen molar-refractivity contribution in [3.8, 4) is 0 Å². The quantitative estimate of drug-likeness (QED) is 0.872. The van der Waals surface area contributed by atoms with E-state index in [9.17, 15) is 13.2 Å². The van der Waals surface area contributed by atoms with Crippen LogP contribution in [-0.2, 0) is 10.0 Å². The van der Waals surface area contributed by atoms with Gasteiger partial charge in [0.1, 0.15) is 0 Å². The zero-order valence-electron chi connectivity index (χ0n) is 11.2. The van der Waals surface area contributed by atoms with Gasteiger partial charge in [0.2, 0.25) is 10.0 Å². The lowest BCUT2D eigenvalue weighted by molar-refractivity contribution is 0.0743.